The van der Waals surface area contributed by atoms with Gasteiger partial charge in [0.15, 0.2) is 11.5 Å². The van der Waals surface area contributed by atoms with Gasteiger partial charge in [0.1, 0.15) is 5.82 Å². The first-order valence-corrected chi connectivity index (χ1v) is 11.4. The number of carbonyl (C=O) groups excluding carboxylic acids is 2. The fraction of sp³-hybridized carbons (Fsp3) is 0.231. The van der Waals surface area contributed by atoms with E-state index in [2.05, 4.69) is 10.6 Å². The van der Waals surface area contributed by atoms with Crippen molar-refractivity contribution in [3.05, 3.63) is 88.2 Å². The molecule has 3 amide bonds. The molecule has 9 heteroatoms. The van der Waals surface area contributed by atoms with Crippen LogP contribution < -0.4 is 20.1 Å². The van der Waals surface area contributed by atoms with Gasteiger partial charge in [0, 0.05) is 29.4 Å². The lowest BCUT2D eigenvalue weighted by Gasteiger charge is -2.38. The van der Waals surface area contributed by atoms with Gasteiger partial charge in [-0.15, -0.1) is 0 Å². The monoisotopic (exact) mass is 497 g/mol. The highest BCUT2D eigenvalue weighted by Gasteiger charge is 2.32. The summed E-state index contributed by atoms with van der Waals surface area (Å²) in [6.45, 7) is 0.547. The number of nitrogens with zero attached hydrogens (tertiary/aromatic N) is 1. The average Bonchev–Trinajstić information content (AvgIpc) is 2.86. The molecular weight excluding hydrogens is 473 g/mol. The van der Waals surface area contributed by atoms with Crippen LogP contribution in [0.15, 0.2) is 60.7 Å². The molecule has 0 radical (unpaired) electrons. The van der Waals surface area contributed by atoms with E-state index in [4.69, 9.17) is 21.1 Å². The minimum absolute atomic E-state index is 0.153. The van der Waals surface area contributed by atoms with E-state index in [-0.39, 0.29) is 12.5 Å². The number of hydrogen-bond acceptors (Lipinski definition) is 4. The van der Waals surface area contributed by atoms with Crippen LogP contribution >= 0.6 is 11.6 Å². The summed E-state index contributed by atoms with van der Waals surface area (Å²) in [6.07, 6.45) is 0.577. The molecule has 0 bridgehead atoms. The van der Waals surface area contributed by atoms with Crippen LogP contribution in [0.4, 0.5) is 14.9 Å². The maximum atomic E-state index is 13.6. The zero-order chi connectivity index (χ0) is 24.9. The highest BCUT2D eigenvalue weighted by atomic mass is 35.5. The topological polar surface area (TPSA) is 79.9 Å². The van der Waals surface area contributed by atoms with Gasteiger partial charge in [0.25, 0.3) is 5.91 Å². The fourth-order valence-corrected chi connectivity index (χ4v) is 4.27. The van der Waals surface area contributed by atoms with Crippen LogP contribution in [-0.2, 0) is 6.42 Å². The van der Waals surface area contributed by atoms with Gasteiger partial charge in [-0.2, -0.15) is 0 Å². The van der Waals surface area contributed by atoms with Crippen molar-refractivity contribution >= 4 is 29.2 Å². The third-order valence-corrected chi connectivity index (χ3v) is 6.15. The molecule has 0 spiro atoms. The summed E-state index contributed by atoms with van der Waals surface area (Å²) in [5, 5.41) is 6.20. The first-order valence-electron chi connectivity index (χ1n) is 11.0. The maximum Gasteiger partial charge on any atom is 0.322 e. The van der Waals surface area contributed by atoms with E-state index in [9.17, 15) is 14.0 Å². The van der Waals surface area contributed by atoms with E-state index in [1.165, 1.54) is 18.2 Å². The molecule has 7 nitrogen and oxygen atoms in total. The number of fused-ring (bicyclic) bond motifs is 1. The second kappa shape index (κ2) is 10.7. The highest BCUT2D eigenvalue weighted by molar-refractivity contribution is 6.30. The summed E-state index contributed by atoms with van der Waals surface area (Å²) in [5.74, 6) is 0.371. The van der Waals surface area contributed by atoms with E-state index >= 15 is 0 Å². The number of anilines is 1. The molecule has 1 atom stereocenters. The van der Waals surface area contributed by atoms with E-state index in [0.717, 1.165) is 11.1 Å². The van der Waals surface area contributed by atoms with Crippen LogP contribution in [0.2, 0.25) is 5.02 Å². The van der Waals surface area contributed by atoms with Crippen molar-refractivity contribution < 1.29 is 23.5 Å². The second-order valence-electron chi connectivity index (χ2n) is 8.02. The number of nitrogens with one attached hydrogen (secondary N) is 2. The SMILES string of the molecule is COc1cc2c(cc1OC)[C@H](CNC(=O)c1ccc(Cl)cc1)N(C(=O)Nc1cccc(F)c1)CC2. The molecule has 0 aliphatic carbocycles. The smallest absolute Gasteiger partial charge is 0.322 e. The zero-order valence-corrected chi connectivity index (χ0v) is 20.1. The Kier molecular flexibility index (Phi) is 7.41. The number of urea groups is 1. The Bertz CT molecular complexity index is 1240. The lowest BCUT2D eigenvalue weighted by molar-refractivity contribution is 0.0936. The predicted octanol–water partition coefficient (Wildman–Crippen LogP) is 5.06. The summed E-state index contributed by atoms with van der Waals surface area (Å²) >= 11 is 5.93. The Morgan fingerprint density at radius 3 is 2.46 bits per heavy atom. The van der Waals surface area contributed by atoms with Gasteiger partial charge in [0.05, 0.1) is 20.3 Å². The van der Waals surface area contributed by atoms with E-state index in [0.29, 0.717) is 40.7 Å². The molecule has 1 aliphatic heterocycles. The lowest BCUT2D eigenvalue weighted by Crippen LogP contribution is -2.46. The summed E-state index contributed by atoms with van der Waals surface area (Å²) in [6, 6.07) is 15.1. The Balaban J connectivity index is 1.62. The molecule has 0 saturated heterocycles. The summed E-state index contributed by atoms with van der Waals surface area (Å²) < 4.78 is 24.5. The van der Waals surface area contributed by atoms with Crippen LogP contribution in [0.5, 0.6) is 11.5 Å². The zero-order valence-electron chi connectivity index (χ0n) is 19.3. The predicted molar refractivity (Wildman–Crippen MR) is 132 cm³/mol. The van der Waals surface area contributed by atoms with Crippen LogP contribution in [-0.4, -0.2) is 44.1 Å². The lowest BCUT2D eigenvalue weighted by atomic mass is 9.91. The number of benzene rings is 3. The molecule has 1 aliphatic rings. The van der Waals surface area contributed by atoms with Gasteiger partial charge in [-0.3, -0.25) is 4.79 Å². The van der Waals surface area contributed by atoms with Gasteiger partial charge >= 0.3 is 6.03 Å². The van der Waals surface area contributed by atoms with Crippen molar-refractivity contribution in [3.63, 3.8) is 0 Å². The first kappa shape index (κ1) is 24.3. The molecule has 182 valence electrons. The third-order valence-electron chi connectivity index (χ3n) is 5.90. The summed E-state index contributed by atoms with van der Waals surface area (Å²) in [7, 11) is 3.11. The van der Waals surface area contributed by atoms with Gasteiger partial charge in [-0.1, -0.05) is 17.7 Å². The molecule has 3 aromatic carbocycles. The van der Waals surface area contributed by atoms with Crippen LogP contribution in [0.25, 0.3) is 0 Å². The Morgan fingerprint density at radius 2 is 1.77 bits per heavy atom. The molecule has 0 unspecified atom stereocenters. The van der Waals surface area contributed by atoms with Crippen molar-refractivity contribution in [2.75, 3.05) is 32.6 Å². The Morgan fingerprint density at radius 1 is 1.06 bits per heavy atom. The average molecular weight is 498 g/mol. The van der Waals surface area contributed by atoms with E-state index in [1.54, 1.807) is 49.5 Å². The normalized spacial score (nSPS) is 14.6. The number of halogens is 2. The molecule has 4 rings (SSSR count). The van der Waals surface area contributed by atoms with Gasteiger partial charge in [-0.25, -0.2) is 9.18 Å². The number of amides is 3. The first-order chi connectivity index (χ1) is 16.9. The van der Waals surface area contributed by atoms with Gasteiger partial charge < -0.3 is 25.0 Å². The molecule has 0 aromatic heterocycles. The molecule has 3 aromatic rings. The maximum absolute atomic E-state index is 13.6. The largest absolute Gasteiger partial charge is 0.493 e. The number of carbonyl (C=O) groups is 2. The molecule has 0 saturated carbocycles. The number of hydrogen-bond donors (Lipinski definition) is 2. The third kappa shape index (κ3) is 5.49. The van der Waals surface area contributed by atoms with Crippen LogP contribution in [0.3, 0.4) is 0 Å². The van der Waals surface area contributed by atoms with Crippen molar-refractivity contribution in [1.29, 1.82) is 0 Å². The van der Waals surface area contributed by atoms with Gasteiger partial charge in [0.2, 0.25) is 0 Å². The molecular formula is C26H25ClFN3O4. The van der Waals surface area contributed by atoms with Crippen molar-refractivity contribution in [3.8, 4) is 11.5 Å². The van der Waals surface area contributed by atoms with Crippen molar-refractivity contribution in [2.24, 2.45) is 0 Å². The Labute approximate surface area is 207 Å². The molecule has 0 fully saturated rings. The minimum Gasteiger partial charge on any atom is -0.493 e. The fourth-order valence-electron chi connectivity index (χ4n) is 4.15. The number of ether oxygens (including phenoxy) is 2. The number of rotatable bonds is 6. The van der Waals surface area contributed by atoms with Crippen molar-refractivity contribution in [1.82, 2.24) is 10.2 Å². The Hall–Kier alpha value is -3.78. The quantitative estimate of drug-likeness (QED) is 0.499. The highest BCUT2D eigenvalue weighted by Crippen LogP contribution is 2.38. The summed E-state index contributed by atoms with van der Waals surface area (Å²) in [5.41, 5.74) is 2.62. The van der Waals surface area contributed by atoms with Crippen LogP contribution in [0, 0.1) is 5.82 Å². The molecule has 2 N–H and O–H groups in total. The molecule has 1 heterocycles. The minimum atomic E-state index is -0.497. The van der Waals surface area contributed by atoms with E-state index in [1.807, 2.05) is 12.1 Å². The number of methoxy groups -OCH3 is 2. The van der Waals surface area contributed by atoms with Crippen molar-refractivity contribution in [2.45, 2.75) is 12.5 Å². The van der Waals surface area contributed by atoms with Crippen LogP contribution in [0.1, 0.15) is 27.5 Å². The molecule has 35 heavy (non-hydrogen) atoms. The van der Waals surface area contributed by atoms with Gasteiger partial charge in [-0.05, 0) is 72.1 Å². The van der Waals surface area contributed by atoms with E-state index < -0.39 is 17.9 Å². The second-order valence-corrected chi connectivity index (χ2v) is 8.46. The standard InChI is InChI=1S/C26H25ClFN3O4/c1-34-23-12-17-10-11-31(26(33)30-20-5-3-4-19(28)13-20)22(21(17)14-24(23)35-2)15-29-25(32)16-6-8-18(27)9-7-16/h3-9,12-14,22H,10-11,15H2,1-2H3,(H,29,32)(H,30,33)/t22-/m0/s1. The summed E-state index contributed by atoms with van der Waals surface area (Å²) in [4.78, 5) is 27.6.